The van der Waals surface area contributed by atoms with Crippen LogP contribution >= 0.6 is 0 Å². The summed E-state index contributed by atoms with van der Waals surface area (Å²) in [5.41, 5.74) is 0.200. The molecule has 0 amide bonds. The van der Waals surface area contributed by atoms with Crippen molar-refractivity contribution in [3.63, 3.8) is 0 Å². The Kier molecular flexibility index (Phi) is 4.98. The summed E-state index contributed by atoms with van der Waals surface area (Å²) in [7, 11) is 2.98. The predicted octanol–water partition coefficient (Wildman–Crippen LogP) is 1.45. The molecule has 1 aromatic rings. The van der Waals surface area contributed by atoms with Gasteiger partial charge in [0.05, 0.1) is 20.8 Å². The van der Waals surface area contributed by atoms with E-state index in [-0.39, 0.29) is 12.3 Å². The van der Waals surface area contributed by atoms with E-state index in [9.17, 15) is 4.79 Å². The number of nitrogens with zero attached hydrogens (tertiary/aromatic N) is 1. The van der Waals surface area contributed by atoms with Gasteiger partial charge >= 0.3 is 5.97 Å². The van der Waals surface area contributed by atoms with Crippen LogP contribution in [0.1, 0.15) is 12.5 Å². The topological polar surface area (TPSA) is 77.4 Å². The molecule has 0 aliphatic carbocycles. The highest BCUT2D eigenvalue weighted by Gasteiger charge is 2.18. The number of oxime groups is 1. The van der Waals surface area contributed by atoms with Gasteiger partial charge in [0.1, 0.15) is 0 Å². The van der Waals surface area contributed by atoms with E-state index in [1.807, 2.05) is 0 Å². The average molecular weight is 253 g/mol. The van der Waals surface area contributed by atoms with Gasteiger partial charge in [-0.2, -0.15) is 0 Å². The molecule has 0 spiro atoms. The van der Waals surface area contributed by atoms with Crippen LogP contribution in [0.15, 0.2) is 23.4 Å². The van der Waals surface area contributed by atoms with Crippen LogP contribution in [0.5, 0.6) is 11.5 Å². The Labute approximate surface area is 105 Å². The van der Waals surface area contributed by atoms with Crippen molar-refractivity contribution >= 4 is 11.7 Å². The summed E-state index contributed by atoms with van der Waals surface area (Å²) in [6, 6.07) is 4.72. The number of esters is 1. The van der Waals surface area contributed by atoms with E-state index in [0.29, 0.717) is 17.1 Å². The summed E-state index contributed by atoms with van der Waals surface area (Å²) >= 11 is 0. The van der Waals surface area contributed by atoms with Crippen molar-refractivity contribution in [1.29, 1.82) is 0 Å². The molecule has 6 nitrogen and oxygen atoms in total. The number of benzene rings is 1. The Hall–Kier alpha value is -2.24. The van der Waals surface area contributed by atoms with Gasteiger partial charge in [0.2, 0.25) is 0 Å². The maximum Gasteiger partial charge on any atom is 0.361 e. The van der Waals surface area contributed by atoms with E-state index in [4.69, 9.17) is 19.4 Å². The van der Waals surface area contributed by atoms with Crippen LogP contribution in [0.3, 0.4) is 0 Å². The SMILES string of the molecule is CCOC(=O)C(=NO)c1ccc(OC)c(OC)c1. The Morgan fingerprint density at radius 3 is 2.44 bits per heavy atom. The van der Waals surface area contributed by atoms with Gasteiger partial charge in [-0.05, 0) is 25.1 Å². The van der Waals surface area contributed by atoms with Crippen LogP contribution in [0.25, 0.3) is 0 Å². The fourth-order valence-corrected chi connectivity index (χ4v) is 1.40. The molecular formula is C12H15NO5. The molecule has 0 unspecified atom stereocenters. The molecular weight excluding hydrogens is 238 g/mol. The average Bonchev–Trinajstić information content (AvgIpc) is 2.39. The molecule has 0 bridgehead atoms. The minimum absolute atomic E-state index is 0.183. The summed E-state index contributed by atoms with van der Waals surface area (Å²) in [6.45, 7) is 1.87. The number of methoxy groups -OCH3 is 2. The quantitative estimate of drug-likeness (QED) is 0.372. The number of carbonyl (C=O) groups is 1. The summed E-state index contributed by atoms with van der Waals surface area (Å²) in [4.78, 5) is 11.5. The second kappa shape index (κ2) is 6.48. The predicted molar refractivity (Wildman–Crippen MR) is 64.5 cm³/mol. The normalized spacial score (nSPS) is 10.9. The van der Waals surface area contributed by atoms with Crippen LogP contribution < -0.4 is 9.47 Å². The van der Waals surface area contributed by atoms with E-state index in [1.54, 1.807) is 19.1 Å². The molecule has 0 radical (unpaired) electrons. The lowest BCUT2D eigenvalue weighted by atomic mass is 10.1. The highest BCUT2D eigenvalue weighted by atomic mass is 16.5. The molecule has 0 aliphatic heterocycles. The lowest BCUT2D eigenvalue weighted by Crippen LogP contribution is -2.19. The molecule has 0 atom stereocenters. The standard InChI is InChI=1S/C12H15NO5/c1-4-18-12(14)11(13-15)8-5-6-9(16-2)10(7-8)17-3/h5-7,15H,4H2,1-3H3. The third-order valence-electron chi connectivity index (χ3n) is 2.23. The van der Waals surface area contributed by atoms with E-state index in [0.717, 1.165) is 0 Å². The maximum atomic E-state index is 11.5. The molecule has 6 heteroatoms. The molecule has 0 fully saturated rings. The Morgan fingerprint density at radius 1 is 1.28 bits per heavy atom. The van der Waals surface area contributed by atoms with Crippen LogP contribution in [-0.4, -0.2) is 37.7 Å². The highest BCUT2D eigenvalue weighted by molar-refractivity contribution is 6.43. The zero-order chi connectivity index (χ0) is 13.5. The summed E-state index contributed by atoms with van der Waals surface area (Å²) in [5.74, 6) is 0.245. The molecule has 1 N–H and O–H groups in total. The first-order valence-electron chi connectivity index (χ1n) is 5.29. The molecule has 18 heavy (non-hydrogen) atoms. The van der Waals surface area contributed by atoms with Crippen molar-refractivity contribution in [2.24, 2.45) is 5.16 Å². The van der Waals surface area contributed by atoms with Gasteiger partial charge in [-0.15, -0.1) is 0 Å². The van der Waals surface area contributed by atoms with Crippen LogP contribution in [-0.2, 0) is 9.53 Å². The smallest absolute Gasteiger partial charge is 0.361 e. The van der Waals surface area contributed by atoms with E-state index in [1.165, 1.54) is 20.3 Å². The van der Waals surface area contributed by atoms with Crippen molar-refractivity contribution < 1.29 is 24.2 Å². The van der Waals surface area contributed by atoms with Gasteiger partial charge in [0.25, 0.3) is 0 Å². The summed E-state index contributed by atoms with van der Waals surface area (Å²) in [5, 5.41) is 11.8. The molecule has 0 saturated heterocycles. The Morgan fingerprint density at radius 2 is 1.94 bits per heavy atom. The Bertz CT molecular complexity index is 456. The van der Waals surface area contributed by atoms with Crippen molar-refractivity contribution in [3.05, 3.63) is 23.8 Å². The number of carbonyl (C=O) groups excluding carboxylic acids is 1. The third-order valence-corrected chi connectivity index (χ3v) is 2.23. The first-order valence-corrected chi connectivity index (χ1v) is 5.29. The molecule has 0 aromatic heterocycles. The van der Waals surface area contributed by atoms with E-state index < -0.39 is 5.97 Å². The van der Waals surface area contributed by atoms with Crippen molar-refractivity contribution in [2.45, 2.75) is 6.92 Å². The first kappa shape index (κ1) is 13.8. The van der Waals surface area contributed by atoms with E-state index >= 15 is 0 Å². The van der Waals surface area contributed by atoms with E-state index in [2.05, 4.69) is 5.16 Å². The first-order chi connectivity index (χ1) is 8.67. The number of ether oxygens (including phenoxy) is 3. The van der Waals surface area contributed by atoms with Gasteiger partial charge in [0, 0.05) is 5.56 Å². The van der Waals surface area contributed by atoms with Crippen molar-refractivity contribution in [2.75, 3.05) is 20.8 Å². The zero-order valence-electron chi connectivity index (χ0n) is 10.5. The lowest BCUT2D eigenvalue weighted by molar-refractivity contribution is -0.135. The van der Waals surface area contributed by atoms with Crippen molar-refractivity contribution in [1.82, 2.24) is 0 Å². The highest BCUT2D eigenvalue weighted by Crippen LogP contribution is 2.27. The molecule has 1 aromatic carbocycles. The maximum absolute atomic E-state index is 11.5. The minimum Gasteiger partial charge on any atom is -0.493 e. The van der Waals surface area contributed by atoms with Gasteiger partial charge < -0.3 is 19.4 Å². The minimum atomic E-state index is -0.702. The molecule has 0 saturated carbocycles. The zero-order valence-corrected chi connectivity index (χ0v) is 10.5. The van der Waals surface area contributed by atoms with Gasteiger partial charge in [-0.3, -0.25) is 0 Å². The molecule has 0 heterocycles. The second-order valence-corrected chi connectivity index (χ2v) is 3.24. The number of rotatable bonds is 5. The van der Waals surface area contributed by atoms with Crippen LogP contribution in [0.2, 0.25) is 0 Å². The summed E-state index contributed by atoms with van der Waals surface area (Å²) < 4.78 is 14.9. The number of hydrogen-bond donors (Lipinski definition) is 1. The van der Waals surface area contributed by atoms with Crippen LogP contribution in [0, 0.1) is 0 Å². The largest absolute Gasteiger partial charge is 0.493 e. The van der Waals surface area contributed by atoms with Crippen LogP contribution in [0.4, 0.5) is 0 Å². The fraction of sp³-hybridized carbons (Fsp3) is 0.333. The molecule has 1 rings (SSSR count). The molecule has 0 aliphatic rings. The number of hydrogen-bond acceptors (Lipinski definition) is 6. The van der Waals surface area contributed by atoms with Gasteiger partial charge in [0.15, 0.2) is 17.2 Å². The summed E-state index contributed by atoms with van der Waals surface area (Å²) in [6.07, 6.45) is 0. The monoisotopic (exact) mass is 253 g/mol. The van der Waals surface area contributed by atoms with Gasteiger partial charge in [-0.25, -0.2) is 4.79 Å². The Balaban J connectivity index is 3.12. The van der Waals surface area contributed by atoms with Gasteiger partial charge in [-0.1, -0.05) is 5.16 Å². The fourth-order valence-electron chi connectivity index (χ4n) is 1.40. The third kappa shape index (κ3) is 2.91. The molecule has 98 valence electrons. The lowest BCUT2D eigenvalue weighted by Gasteiger charge is -2.09. The van der Waals surface area contributed by atoms with Crippen molar-refractivity contribution in [3.8, 4) is 11.5 Å². The second-order valence-electron chi connectivity index (χ2n) is 3.24.